The molecule has 0 saturated carbocycles. The maximum Gasteiger partial charge on any atom is 0.265 e. The van der Waals surface area contributed by atoms with Gasteiger partial charge in [0.25, 0.3) is 10.0 Å². The predicted octanol–water partition coefficient (Wildman–Crippen LogP) is 4.18. The standard InChI is InChI=1S/C18H21Cl2N5O2S/c1-5-24-12(3)17(9-21-24)28(26,27)23-18-11(2)22-25(13(18)4)10-14-6-7-15(19)16(20)8-14/h6-9,23H,5,10H2,1-4H3. The molecule has 0 saturated heterocycles. The molecule has 0 atom stereocenters. The van der Waals surface area contributed by atoms with Gasteiger partial charge in [0.05, 0.1) is 45.6 Å². The summed E-state index contributed by atoms with van der Waals surface area (Å²) in [6, 6.07) is 5.35. The molecule has 0 aliphatic carbocycles. The van der Waals surface area contributed by atoms with E-state index in [1.54, 1.807) is 35.3 Å². The molecule has 10 heteroatoms. The Balaban J connectivity index is 1.91. The first-order valence-corrected chi connectivity index (χ1v) is 10.9. The summed E-state index contributed by atoms with van der Waals surface area (Å²) in [4.78, 5) is 0.158. The van der Waals surface area contributed by atoms with Gasteiger partial charge in [-0.25, -0.2) is 8.42 Å². The maximum atomic E-state index is 12.9. The molecule has 28 heavy (non-hydrogen) atoms. The Hall–Kier alpha value is -2.03. The summed E-state index contributed by atoms with van der Waals surface area (Å²) in [7, 11) is -3.78. The second-order valence-corrected chi connectivity index (χ2v) is 8.93. The van der Waals surface area contributed by atoms with Crippen LogP contribution in [0.2, 0.25) is 10.0 Å². The smallest absolute Gasteiger partial charge is 0.265 e. The topological polar surface area (TPSA) is 81.8 Å². The van der Waals surface area contributed by atoms with Crippen molar-refractivity contribution in [2.24, 2.45) is 0 Å². The molecular weight excluding hydrogens is 421 g/mol. The van der Waals surface area contributed by atoms with Crippen LogP contribution in [-0.2, 0) is 23.1 Å². The van der Waals surface area contributed by atoms with Crippen LogP contribution in [-0.4, -0.2) is 28.0 Å². The fourth-order valence-electron chi connectivity index (χ4n) is 3.01. The van der Waals surface area contributed by atoms with Crippen molar-refractivity contribution in [3.05, 3.63) is 57.1 Å². The largest absolute Gasteiger partial charge is 0.276 e. The number of hydrogen-bond donors (Lipinski definition) is 1. The molecule has 1 aromatic carbocycles. The molecule has 0 aliphatic rings. The quantitative estimate of drug-likeness (QED) is 0.621. The fourth-order valence-corrected chi connectivity index (χ4v) is 4.69. The number of anilines is 1. The highest BCUT2D eigenvalue weighted by Crippen LogP contribution is 2.27. The highest BCUT2D eigenvalue weighted by molar-refractivity contribution is 7.92. The molecule has 2 heterocycles. The van der Waals surface area contributed by atoms with Gasteiger partial charge in [-0.15, -0.1) is 0 Å². The molecule has 150 valence electrons. The molecule has 0 bridgehead atoms. The minimum Gasteiger partial charge on any atom is -0.276 e. The Labute approximate surface area is 174 Å². The Morgan fingerprint density at radius 3 is 2.39 bits per heavy atom. The van der Waals surface area contributed by atoms with Gasteiger partial charge in [0.2, 0.25) is 0 Å². The molecule has 0 radical (unpaired) electrons. The molecule has 1 N–H and O–H groups in total. The summed E-state index contributed by atoms with van der Waals surface area (Å²) >= 11 is 12.0. The highest BCUT2D eigenvalue weighted by Gasteiger charge is 2.24. The van der Waals surface area contributed by atoms with Crippen molar-refractivity contribution in [2.75, 3.05) is 4.72 Å². The van der Waals surface area contributed by atoms with Gasteiger partial charge in [0, 0.05) is 6.54 Å². The van der Waals surface area contributed by atoms with Crippen molar-refractivity contribution in [2.45, 2.75) is 45.7 Å². The van der Waals surface area contributed by atoms with Gasteiger partial charge in [-0.3, -0.25) is 14.1 Å². The van der Waals surface area contributed by atoms with E-state index in [1.807, 2.05) is 19.9 Å². The number of aryl methyl sites for hydroxylation is 2. The Morgan fingerprint density at radius 2 is 1.79 bits per heavy atom. The molecule has 0 aliphatic heterocycles. The molecule has 0 unspecified atom stereocenters. The van der Waals surface area contributed by atoms with Crippen molar-refractivity contribution >= 4 is 38.9 Å². The SMILES string of the molecule is CCn1ncc(S(=O)(=O)Nc2c(C)nn(Cc3ccc(Cl)c(Cl)c3)c2C)c1C. The summed E-state index contributed by atoms with van der Waals surface area (Å²) in [6.45, 7) is 8.26. The zero-order valence-corrected chi connectivity index (χ0v) is 18.3. The number of hydrogen-bond acceptors (Lipinski definition) is 4. The number of benzene rings is 1. The number of aromatic nitrogens is 4. The average Bonchev–Trinajstić information content (AvgIpc) is 3.13. The Morgan fingerprint density at radius 1 is 1.07 bits per heavy atom. The molecule has 2 aromatic heterocycles. The summed E-state index contributed by atoms with van der Waals surface area (Å²) in [5, 5.41) is 9.53. The van der Waals surface area contributed by atoms with Gasteiger partial charge in [0.1, 0.15) is 4.90 Å². The number of nitrogens with one attached hydrogen (secondary N) is 1. The van der Waals surface area contributed by atoms with Crippen LogP contribution < -0.4 is 4.72 Å². The number of rotatable bonds is 6. The molecule has 3 rings (SSSR count). The number of nitrogens with zero attached hydrogens (tertiary/aromatic N) is 4. The fraction of sp³-hybridized carbons (Fsp3) is 0.333. The molecule has 3 aromatic rings. The lowest BCUT2D eigenvalue weighted by Crippen LogP contribution is -2.15. The van der Waals surface area contributed by atoms with Crippen molar-refractivity contribution in [3.8, 4) is 0 Å². The third kappa shape index (κ3) is 3.90. The summed E-state index contributed by atoms with van der Waals surface area (Å²) in [5.41, 5.74) is 3.25. The number of sulfonamides is 1. The molecule has 0 fully saturated rings. The van der Waals surface area contributed by atoms with E-state index in [1.165, 1.54) is 6.20 Å². The molecule has 0 spiro atoms. The first-order chi connectivity index (χ1) is 13.1. The van der Waals surface area contributed by atoms with Crippen LogP contribution in [0.5, 0.6) is 0 Å². The van der Waals surface area contributed by atoms with E-state index >= 15 is 0 Å². The Bertz CT molecular complexity index is 1140. The van der Waals surface area contributed by atoms with E-state index in [2.05, 4.69) is 14.9 Å². The van der Waals surface area contributed by atoms with E-state index in [9.17, 15) is 8.42 Å². The zero-order valence-electron chi connectivity index (χ0n) is 16.0. The zero-order chi connectivity index (χ0) is 20.6. The van der Waals surface area contributed by atoms with Crippen LogP contribution in [0.4, 0.5) is 5.69 Å². The molecule has 0 amide bonds. The predicted molar refractivity (Wildman–Crippen MR) is 111 cm³/mol. The van der Waals surface area contributed by atoms with Gasteiger partial charge in [-0.1, -0.05) is 29.3 Å². The van der Waals surface area contributed by atoms with E-state index < -0.39 is 10.0 Å². The van der Waals surface area contributed by atoms with Crippen molar-refractivity contribution < 1.29 is 8.42 Å². The maximum absolute atomic E-state index is 12.9. The van der Waals surface area contributed by atoms with Crippen LogP contribution in [0.1, 0.15) is 29.6 Å². The molecular formula is C18H21Cl2N5O2S. The van der Waals surface area contributed by atoms with Crippen LogP contribution in [0.25, 0.3) is 0 Å². The van der Waals surface area contributed by atoms with Crippen molar-refractivity contribution in [1.29, 1.82) is 0 Å². The Kier molecular flexibility index (Phi) is 5.74. The van der Waals surface area contributed by atoms with E-state index in [4.69, 9.17) is 23.2 Å². The van der Waals surface area contributed by atoms with E-state index in [0.29, 0.717) is 45.9 Å². The third-order valence-corrected chi connectivity index (χ3v) is 6.77. The van der Waals surface area contributed by atoms with Gasteiger partial charge in [-0.05, 0) is 45.4 Å². The minimum absolute atomic E-state index is 0.158. The van der Waals surface area contributed by atoms with Gasteiger partial charge in [0.15, 0.2) is 0 Å². The third-order valence-electron chi connectivity index (χ3n) is 4.58. The molecule has 7 nitrogen and oxygen atoms in total. The monoisotopic (exact) mass is 441 g/mol. The first kappa shape index (κ1) is 20.7. The lowest BCUT2D eigenvalue weighted by Gasteiger charge is -2.09. The van der Waals surface area contributed by atoms with Crippen LogP contribution in [0.3, 0.4) is 0 Å². The summed E-state index contributed by atoms with van der Waals surface area (Å²) < 4.78 is 31.8. The second kappa shape index (κ2) is 7.77. The number of halogens is 2. The van der Waals surface area contributed by atoms with E-state index in [0.717, 1.165) is 5.56 Å². The van der Waals surface area contributed by atoms with Crippen LogP contribution in [0.15, 0.2) is 29.3 Å². The van der Waals surface area contributed by atoms with E-state index in [-0.39, 0.29) is 4.90 Å². The minimum atomic E-state index is -3.78. The summed E-state index contributed by atoms with van der Waals surface area (Å²) in [5.74, 6) is 0. The normalized spacial score (nSPS) is 11.8. The van der Waals surface area contributed by atoms with Gasteiger partial charge in [-0.2, -0.15) is 10.2 Å². The summed E-state index contributed by atoms with van der Waals surface area (Å²) in [6.07, 6.45) is 1.37. The van der Waals surface area contributed by atoms with Crippen LogP contribution >= 0.6 is 23.2 Å². The van der Waals surface area contributed by atoms with Gasteiger partial charge < -0.3 is 0 Å². The average molecular weight is 442 g/mol. The lowest BCUT2D eigenvalue weighted by atomic mass is 10.2. The van der Waals surface area contributed by atoms with Crippen LogP contribution in [0, 0.1) is 20.8 Å². The first-order valence-electron chi connectivity index (χ1n) is 8.67. The second-order valence-electron chi connectivity index (χ2n) is 6.47. The lowest BCUT2D eigenvalue weighted by molar-refractivity contribution is 0.598. The van der Waals surface area contributed by atoms with Gasteiger partial charge >= 0.3 is 0 Å². The highest BCUT2D eigenvalue weighted by atomic mass is 35.5. The van der Waals surface area contributed by atoms with Crippen molar-refractivity contribution in [1.82, 2.24) is 19.6 Å². The van der Waals surface area contributed by atoms with Crippen molar-refractivity contribution in [3.63, 3.8) is 0 Å².